The number of likely N-dealkylation sites (tertiary alicyclic amines) is 1. The van der Waals surface area contributed by atoms with Gasteiger partial charge in [0.15, 0.2) is 17.6 Å². The topological polar surface area (TPSA) is 68.2 Å². The lowest BCUT2D eigenvalue weighted by Gasteiger charge is -2.43. The molecule has 1 aromatic carbocycles. The molecule has 3 heterocycles. The molecule has 1 spiro atoms. The molecule has 1 saturated heterocycles. The first kappa shape index (κ1) is 20.2. The number of carbonyl (C=O) groups is 1. The Hall–Kier alpha value is -2.09. The fourth-order valence-electron chi connectivity index (χ4n) is 4.25. The van der Waals surface area contributed by atoms with Gasteiger partial charge >= 0.3 is 5.97 Å². The average molecular weight is 418 g/mol. The lowest BCUT2D eigenvalue weighted by atomic mass is 9.85. The number of hydrogen-bond acceptors (Lipinski definition) is 6. The predicted molar refractivity (Wildman–Crippen MR) is 111 cm³/mol. The molecule has 1 aromatic heterocycles. The first-order valence-corrected chi connectivity index (χ1v) is 10.9. The van der Waals surface area contributed by atoms with Crippen LogP contribution in [-0.4, -0.2) is 48.9 Å². The average Bonchev–Trinajstić information content (AvgIpc) is 3.21. The van der Waals surface area contributed by atoms with Crippen molar-refractivity contribution in [1.29, 1.82) is 0 Å². The number of piperidine rings is 1. The van der Waals surface area contributed by atoms with Crippen molar-refractivity contribution in [2.24, 2.45) is 0 Å². The van der Waals surface area contributed by atoms with Crippen molar-refractivity contribution in [1.82, 2.24) is 4.90 Å². The van der Waals surface area contributed by atoms with Gasteiger partial charge in [0.05, 0.1) is 13.7 Å². The number of benzene rings is 1. The summed E-state index contributed by atoms with van der Waals surface area (Å²) in [5.41, 5.74) is 2.25. The van der Waals surface area contributed by atoms with Gasteiger partial charge < -0.3 is 19.3 Å². The quantitative estimate of drug-likeness (QED) is 0.774. The number of nitrogens with zero attached hydrogens (tertiary/aromatic N) is 1. The minimum atomic E-state index is -0.997. The van der Waals surface area contributed by atoms with Crippen LogP contribution in [0, 0.1) is 0 Å². The molecule has 0 saturated carbocycles. The highest BCUT2D eigenvalue weighted by atomic mass is 32.1. The van der Waals surface area contributed by atoms with E-state index in [9.17, 15) is 9.90 Å². The highest BCUT2D eigenvalue weighted by Crippen LogP contribution is 2.44. The third-order valence-electron chi connectivity index (χ3n) is 5.89. The lowest BCUT2D eigenvalue weighted by Crippen LogP contribution is -2.45. The van der Waals surface area contributed by atoms with Crippen molar-refractivity contribution < 1.29 is 24.1 Å². The maximum atomic E-state index is 11.3. The maximum absolute atomic E-state index is 11.3. The molecule has 1 unspecified atom stereocenters. The molecule has 29 heavy (non-hydrogen) atoms. The van der Waals surface area contributed by atoms with Gasteiger partial charge in [0.1, 0.15) is 5.60 Å². The Morgan fingerprint density at radius 3 is 2.86 bits per heavy atom. The Balaban J connectivity index is 1.48. The van der Waals surface area contributed by atoms with Gasteiger partial charge in [0.25, 0.3) is 0 Å². The van der Waals surface area contributed by atoms with E-state index < -0.39 is 12.1 Å². The van der Waals surface area contributed by atoms with Crippen LogP contribution in [0.25, 0.3) is 0 Å². The highest BCUT2D eigenvalue weighted by molar-refractivity contribution is 7.10. The zero-order valence-electron chi connectivity index (χ0n) is 16.8. The highest BCUT2D eigenvalue weighted by Gasteiger charge is 2.41. The first-order chi connectivity index (χ1) is 14.0. The largest absolute Gasteiger partial charge is 0.493 e. The van der Waals surface area contributed by atoms with Gasteiger partial charge in [-0.2, -0.15) is 0 Å². The number of fused-ring (bicyclic) bond motifs is 2. The molecule has 7 heteroatoms. The van der Waals surface area contributed by atoms with Crippen LogP contribution < -0.4 is 9.47 Å². The number of hydrogen-bond donors (Lipinski definition) is 1. The van der Waals surface area contributed by atoms with Gasteiger partial charge in [-0.25, -0.2) is 4.79 Å². The van der Waals surface area contributed by atoms with E-state index in [4.69, 9.17) is 14.2 Å². The van der Waals surface area contributed by atoms with Crippen LogP contribution in [0.2, 0.25) is 0 Å². The molecule has 1 N–H and O–H groups in total. The minimum Gasteiger partial charge on any atom is -0.493 e. The van der Waals surface area contributed by atoms with E-state index in [-0.39, 0.29) is 5.60 Å². The summed E-state index contributed by atoms with van der Waals surface area (Å²) < 4.78 is 17.5. The van der Waals surface area contributed by atoms with Crippen LogP contribution in [0.5, 0.6) is 11.5 Å². The number of rotatable bonds is 6. The zero-order chi connectivity index (χ0) is 20.4. The van der Waals surface area contributed by atoms with E-state index in [1.807, 2.05) is 23.5 Å². The number of carboxylic acid groups (broad SMARTS) is 1. The summed E-state index contributed by atoms with van der Waals surface area (Å²) in [6, 6.07) is 7.93. The Morgan fingerprint density at radius 1 is 1.34 bits per heavy atom. The number of para-hydroxylation sites is 1. The minimum absolute atomic E-state index is 0.135. The Labute approximate surface area is 175 Å². The molecule has 1 atom stereocenters. The number of carboxylic acids is 1. The number of aliphatic carboxylic acids is 1. The van der Waals surface area contributed by atoms with Crippen LogP contribution in [-0.2, 0) is 28.1 Å². The third kappa shape index (κ3) is 3.99. The SMILES string of the molecule is COc1cccc(CN2CCC3(CC2)OCCc2ccsc23)c1OC(C)C(=O)O. The van der Waals surface area contributed by atoms with Crippen LogP contribution in [0.4, 0.5) is 0 Å². The molecule has 2 aliphatic heterocycles. The zero-order valence-corrected chi connectivity index (χ0v) is 17.7. The fraction of sp³-hybridized carbons (Fsp3) is 0.500. The molecule has 2 aliphatic rings. The van der Waals surface area contributed by atoms with E-state index in [1.54, 1.807) is 13.2 Å². The van der Waals surface area contributed by atoms with Gasteiger partial charge in [0, 0.05) is 30.1 Å². The number of thiophene rings is 1. The molecule has 0 amide bonds. The molecule has 2 aromatic rings. The first-order valence-electron chi connectivity index (χ1n) is 10.0. The molecule has 6 nitrogen and oxygen atoms in total. The summed E-state index contributed by atoms with van der Waals surface area (Å²) in [7, 11) is 1.57. The maximum Gasteiger partial charge on any atom is 0.344 e. The molecular formula is C22H27NO5S. The second-order valence-corrected chi connectivity index (χ2v) is 8.61. The van der Waals surface area contributed by atoms with E-state index in [2.05, 4.69) is 16.3 Å². The molecule has 0 aliphatic carbocycles. The molecule has 0 radical (unpaired) electrons. The summed E-state index contributed by atoms with van der Waals surface area (Å²) in [6.45, 7) is 4.85. The summed E-state index contributed by atoms with van der Waals surface area (Å²) in [5.74, 6) is 0.0746. The summed E-state index contributed by atoms with van der Waals surface area (Å²) >= 11 is 1.82. The normalized spacial score (nSPS) is 19.5. The Kier molecular flexibility index (Phi) is 5.81. The van der Waals surface area contributed by atoms with Crippen LogP contribution >= 0.6 is 11.3 Å². The van der Waals surface area contributed by atoms with Crippen LogP contribution in [0.1, 0.15) is 35.8 Å². The van der Waals surface area contributed by atoms with E-state index in [1.165, 1.54) is 17.4 Å². The van der Waals surface area contributed by atoms with Crippen molar-refractivity contribution in [3.05, 3.63) is 45.6 Å². The number of ether oxygens (including phenoxy) is 3. The van der Waals surface area contributed by atoms with Crippen molar-refractivity contribution in [3.8, 4) is 11.5 Å². The summed E-state index contributed by atoms with van der Waals surface area (Å²) in [4.78, 5) is 15.1. The standard InChI is InChI=1S/C22H27NO5S/c1-15(21(24)25)28-19-17(4-3-5-18(19)26-2)14-23-10-8-22(9-11-23)20-16(6-12-27-22)7-13-29-20/h3-5,7,13,15H,6,8-12,14H2,1-2H3,(H,24,25). The van der Waals surface area contributed by atoms with Gasteiger partial charge in [-0.3, -0.25) is 4.90 Å². The Morgan fingerprint density at radius 2 is 2.14 bits per heavy atom. The van der Waals surface area contributed by atoms with Gasteiger partial charge in [0.2, 0.25) is 0 Å². The smallest absolute Gasteiger partial charge is 0.344 e. The van der Waals surface area contributed by atoms with Gasteiger partial charge in [-0.05, 0) is 49.3 Å². The second-order valence-electron chi connectivity index (χ2n) is 7.69. The molecule has 0 bridgehead atoms. The second kappa shape index (κ2) is 8.34. The predicted octanol–water partition coefficient (Wildman–Crippen LogP) is 3.67. The monoisotopic (exact) mass is 417 g/mol. The third-order valence-corrected chi connectivity index (χ3v) is 7.03. The van der Waals surface area contributed by atoms with Crippen molar-refractivity contribution in [2.45, 2.75) is 44.4 Å². The fourth-order valence-corrected chi connectivity index (χ4v) is 5.41. The van der Waals surface area contributed by atoms with Crippen molar-refractivity contribution in [3.63, 3.8) is 0 Å². The van der Waals surface area contributed by atoms with E-state index in [0.29, 0.717) is 18.0 Å². The number of methoxy groups -OCH3 is 1. The van der Waals surface area contributed by atoms with Crippen molar-refractivity contribution in [2.75, 3.05) is 26.8 Å². The van der Waals surface area contributed by atoms with E-state index >= 15 is 0 Å². The van der Waals surface area contributed by atoms with Gasteiger partial charge in [-0.1, -0.05) is 12.1 Å². The molecule has 4 rings (SSSR count). The summed E-state index contributed by atoms with van der Waals surface area (Å²) in [5, 5.41) is 11.4. The van der Waals surface area contributed by atoms with Gasteiger partial charge in [-0.15, -0.1) is 11.3 Å². The molecular weight excluding hydrogens is 390 g/mol. The van der Waals surface area contributed by atoms with Crippen LogP contribution in [0.15, 0.2) is 29.6 Å². The lowest BCUT2D eigenvalue weighted by molar-refractivity contribution is -0.144. The Bertz CT molecular complexity index is 872. The molecule has 156 valence electrons. The molecule has 1 fully saturated rings. The summed E-state index contributed by atoms with van der Waals surface area (Å²) in [6.07, 6.45) is 2.00. The van der Waals surface area contributed by atoms with Crippen molar-refractivity contribution >= 4 is 17.3 Å². The van der Waals surface area contributed by atoms with Crippen LogP contribution in [0.3, 0.4) is 0 Å². The van der Waals surface area contributed by atoms with E-state index in [0.717, 1.165) is 44.5 Å².